The van der Waals surface area contributed by atoms with E-state index in [1.165, 1.54) is 12.8 Å². The smallest absolute Gasteiger partial charge is 0.0756 e. The van der Waals surface area contributed by atoms with Gasteiger partial charge in [-0.2, -0.15) is 0 Å². The molecule has 0 aromatic carbocycles. The number of hydrogen-bond donors (Lipinski definition) is 1. The molecule has 2 saturated carbocycles. The van der Waals surface area contributed by atoms with Crippen molar-refractivity contribution in [2.24, 2.45) is 16.7 Å². The first kappa shape index (κ1) is 15.3. The van der Waals surface area contributed by atoms with Gasteiger partial charge in [0.15, 0.2) is 0 Å². The summed E-state index contributed by atoms with van der Waals surface area (Å²) in [4.78, 5) is 2.46. The topological polar surface area (TPSA) is 23.5 Å². The molecule has 17 heavy (non-hydrogen) atoms. The van der Waals surface area contributed by atoms with Crippen molar-refractivity contribution in [1.82, 2.24) is 4.90 Å². The molecule has 2 rings (SSSR count). The van der Waals surface area contributed by atoms with Gasteiger partial charge >= 0.3 is 0 Å². The molecule has 0 aromatic heterocycles. The second-order valence-electron chi connectivity index (χ2n) is 6.44. The van der Waals surface area contributed by atoms with Crippen LogP contribution in [-0.2, 0) is 0 Å². The van der Waals surface area contributed by atoms with Crippen LogP contribution in [0.1, 0.15) is 47.5 Å². The van der Waals surface area contributed by atoms with Crippen LogP contribution in [0.2, 0.25) is 0 Å². The molecule has 2 aliphatic rings. The average Bonchev–Trinajstić information content (AvgIpc) is 2.54. The molecular formula is C14H28ClNO. The number of fused-ring (bicyclic) bond motifs is 2. The van der Waals surface area contributed by atoms with Gasteiger partial charge in [-0.25, -0.2) is 0 Å². The molecule has 1 N–H and O–H groups in total. The Morgan fingerprint density at radius 1 is 1.18 bits per heavy atom. The third kappa shape index (κ3) is 1.75. The normalized spacial score (nSPS) is 42.9. The predicted octanol–water partition coefficient (Wildman–Crippen LogP) is 2.94. The Hall–Kier alpha value is 0.210. The minimum absolute atomic E-state index is 0. The van der Waals surface area contributed by atoms with Crippen LogP contribution in [-0.4, -0.2) is 35.2 Å². The van der Waals surface area contributed by atoms with E-state index in [1.807, 2.05) is 0 Å². The SMILES string of the molecule is CCN(CC)C1C2CCC(C)(C1O)C2(C)C.Cl. The molecule has 4 atom stereocenters. The fraction of sp³-hybridized carbons (Fsp3) is 1.00. The van der Waals surface area contributed by atoms with Gasteiger partial charge in [-0.1, -0.05) is 34.6 Å². The van der Waals surface area contributed by atoms with Gasteiger partial charge in [0.1, 0.15) is 0 Å². The molecule has 0 aromatic rings. The Morgan fingerprint density at radius 2 is 1.71 bits per heavy atom. The quantitative estimate of drug-likeness (QED) is 0.845. The second-order valence-corrected chi connectivity index (χ2v) is 6.44. The van der Waals surface area contributed by atoms with Crippen molar-refractivity contribution < 1.29 is 5.11 Å². The Kier molecular flexibility index (Phi) is 4.23. The molecule has 2 fully saturated rings. The highest BCUT2D eigenvalue weighted by Crippen LogP contribution is 2.66. The summed E-state index contributed by atoms with van der Waals surface area (Å²) in [5.74, 6) is 0.674. The molecule has 102 valence electrons. The lowest BCUT2D eigenvalue weighted by molar-refractivity contribution is -0.0284. The molecule has 0 amide bonds. The van der Waals surface area contributed by atoms with Gasteiger partial charge in [0.05, 0.1) is 6.10 Å². The molecule has 2 nitrogen and oxygen atoms in total. The number of nitrogens with zero attached hydrogens (tertiary/aromatic N) is 1. The van der Waals surface area contributed by atoms with E-state index in [1.54, 1.807) is 0 Å². The van der Waals surface area contributed by atoms with Crippen molar-refractivity contribution in [2.75, 3.05) is 13.1 Å². The predicted molar refractivity (Wildman–Crippen MR) is 74.6 cm³/mol. The highest BCUT2D eigenvalue weighted by atomic mass is 35.5. The fourth-order valence-corrected chi connectivity index (χ4v) is 4.38. The van der Waals surface area contributed by atoms with E-state index >= 15 is 0 Å². The fourth-order valence-electron chi connectivity index (χ4n) is 4.38. The summed E-state index contributed by atoms with van der Waals surface area (Å²) in [6.07, 6.45) is 2.35. The first-order valence-corrected chi connectivity index (χ1v) is 6.82. The average molecular weight is 262 g/mol. The molecule has 0 spiro atoms. The van der Waals surface area contributed by atoms with Gasteiger partial charge in [-0.15, -0.1) is 12.4 Å². The second kappa shape index (κ2) is 4.71. The zero-order valence-corrected chi connectivity index (χ0v) is 12.7. The lowest BCUT2D eigenvalue weighted by Gasteiger charge is -2.39. The molecule has 0 saturated heterocycles. The highest BCUT2D eigenvalue weighted by Gasteiger charge is 2.66. The standard InChI is InChI=1S/C14H27NO.ClH/c1-6-15(7-2)11-10-8-9-14(5,12(11)16)13(10,3)4;/h10-12,16H,6-9H2,1-5H3;1H. The largest absolute Gasteiger partial charge is 0.391 e. The van der Waals surface area contributed by atoms with E-state index in [2.05, 4.69) is 39.5 Å². The molecule has 2 bridgehead atoms. The summed E-state index contributed by atoms with van der Waals surface area (Å²) in [6.45, 7) is 13.5. The lowest BCUT2D eigenvalue weighted by Crippen LogP contribution is -2.49. The maximum atomic E-state index is 10.7. The van der Waals surface area contributed by atoms with Crippen molar-refractivity contribution in [2.45, 2.75) is 59.6 Å². The third-order valence-electron chi connectivity index (χ3n) is 6.00. The molecule has 2 aliphatic carbocycles. The summed E-state index contributed by atoms with van der Waals surface area (Å²) in [5.41, 5.74) is 0.421. The maximum Gasteiger partial charge on any atom is 0.0756 e. The minimum atomic E-state index is -0.138. The van der Waals surface area contributed by atoms with Crippen molar-refractivity contribution >= 4 is 12.4 Å². The number of hydrogen-bond acceptors (Lipinski definition) is 2. The van der Waals surface area contributed by atoms with Crippen molar-refractivity contribution in [1.29, 1.82) is 0 Å². The first-order chi connectivity index (χ1) is 7.40. The minimum Gasteiger partial charge on any atom is -0.391 e. The number of rotatable bonds is 3. The third-order valence-corrected chi connectivity index (χ3v) is 6.00. The Morgan fingerprint density at radius 3 is 2.06 bits per heavy atom. The van der Waals surface area contributed by atoms with Gasteiger partial charge in [0, 0.05) is 11.5 Å². The van der Waals surface area contributed by atoms with Crippen LogP contribution in [0.3, 0.4) is 0 Å². The number of aliphatic hydroxyl groups is 1. The van der Waals surface area contributed by atoms with Crippen LogP contribution >= 0.6 is 12.4 Å². The molecule has 4 unspecified atom stereocenters. The molecule has 0 heterocycles. The Labute approximate surface area is 112 Å². The van der Waals surface area contributed by atoms with Gasteiger partial charge in [-0.3, -0.25) is 4.90 Å². The number of halogens is 1. The van der Waals surface area contributed by atoms with Crippen molar-refractivity contribution in [3.05, 3.63) is 0 Å². The summed E-state index contributed by atoms with van der Waals surface area (Å²) in [5, 5.41) is 10.7. The highest BCUT2D eigenvalue weighted by molar-refractivity contribution is 5.85. The molecule has 0 aliphatic heterocycles. The van der Waals surface area contributed by atoms with Gasteiger partial charge in [0.2, 0.25) is 0 Å². The molecule has 3 heteroatoms. The number of aliphatic hydroxyl groups excluding tert-OH is 1. The van der Waals surface area contributed by atoms with Crippen LogP contribution in [0, 0.1) is 16.7 Å². The zero-order valence-electron chi connectivity index (χ0n) is 11.9. The van der Waals surface area contributed by atoms with E-state index < -0.39 is 0 Å². The van der Waals surface area contributed by atoms with Gasteiger partial charge in [0.25, 0.3) is 0 Å². The summed E-state index contributed by atoms with van der Waals surface area (Å²) in [7, 11) is 0. The van der Waals surface area contributed by atoms with Crippen LogP contribution in [0.4, 0.5) is 0 Å². The first-order valence-electron chi connectivity index (χ1n) is 6.82. The van der Waals surface area contributed by atoms with Crippen LogP contribution < -0.4 is 0 Å². The van der Waals surface area contributed by atoms with E-state index in [-0.39, 0.29) is 23.9 Å². The van der Waals surface area contributed by atoms with E-state index in [0.717, 1.165) is 13.1 Å². The van der Waals surface area contributed by atoms with E-state index in [9.17, 15) is 5.11 Å². The van der Waals surface area contributed by atoms with E-state index in [4.69, 9.17) is 0 Å². The summed E-state index contributed by atoms with van der Waals surface area (Å²) < 4.78 is 0. The van der Waals surface area contributed by atoms with Crippen LogP contribution in [0.25, 0.3) is 0 Å². The van der Waals surface area contributed by atoms with E-state index in [0.29, 0.717) is 17.4 Å². The Balaban J connectivity index is 0.00000144. The maximum absolute atomic E-state index is 10.7. The van der Waals surface area contributed by atoms with Crippen molar-refractivity contribution in [3.8, 4) is 0 Å². The zero-order chi connectivity index (χ0) is 12.1. The molecular weight excluding hydrogens is 234 g/mol. The van der Waals surface area contributed by atoms with Crippen molar-refractivity contribution in [3.63, 3.8) is 0 Å². The molecule has 0 radical (unpaired) electrons. The summed E-state index contributed by atoms with van der Waals surface area (Å²) >= 11 is 0. The summed E-state index contributed by atoms with van der Waals surface area (Å²) in [6, 6.07) is 0.392. The van der Waals surface area contributed by atoms with Crippen LogP contribution in [0.5, 0.6) is 0 Å². The van der Waals surface area contributed by atoms with Gasteiger partial charge in [-0.05, 0) is 37.3 Å². The monoisotopic (exact) mass is 261 g/mol. The number of likely N-dealkylation sites (N-methyl/N-ethyl adjacent to an activating group) is 1. The van der Waals surface area contributed by atoms with Gasteiger partial charge < -0.3 is 5.11 Å². The Bertz CT molecular complexity index is 277. The van der Waals surface area contributed by atoms with Crippen LogP contribution in [0.15, 0.2) is 0 Å². The lowest BCUT2D eigenvalue weighted by atomic mass is 9.70.